The Morgan fingerprint density at radius 3 is 2.65 bits per heavy atom. The highest BCUT2D eigenvalue weighted by molar-refractivity contribution is 7.85. The van der Waals surface area contributed by atoms with Crippen molar-refractivity contribution in [2.75, 3.05) is 11.5 Å². The average molecular weight is 291 g/mol. The molecule has 1 N–H and O–H groups in total. The summed E-state index contributed by atoms with van der Waals surface area (Å²) in [5.41, 5.74) is 1.08. The molecule has 1 aliphatic carbocycles. The van der Waals surface area contributed by atoms with E-state index in [1.807, 2.05) is 42.5 Å². The fraction of sp³-hybridized carbons (Fsp3) is 0.438. The fourth-order valence-corrected chi connectivity index (χ4v) is 3.20. The third kappa shape index (κ3) is 5.29. The number of benzene rings is 1. The molecule has 2 rings (SSSR count). The summed E-state index contributed by atoms with van der Waals surface area (Å²) >= 11 is 0. The SMILES string of the molecule is O=C(C[S@](=O)C/C=C\c1ccccc1)NC1CCCC1. The zero-order valence-corrected chi connectivity index (χ0v) is 12.4. The van der Waals surface area contributed by atoms with Crippen LogP contribution in [0.25, 0.3) is 6.08 Å². The first-order valence-corrected chi connectivity index (χ1v) is 8.59. The minimum atomic E-state index is -1.12. The van der Waals surface area contributed by atoms with Crippen LogP contribution < -0.4 is 5.32 Å². The van der Waals surface area contributed by atoms with Crippen molar-refractivity contribution in [3.8, 4) is 0 Å². The summed E-state index contributed by atoms with van der Waals surface area (Å²) in [4.78, 5) is 11.7. The topological polar surface area (TPSA) is 46.2 Å². The fourth-order valence-electron chi connectivity index (χ4n) is 2.40. The highest BCUT2D eigenvalue weighted by Gasteiger charge is 2.17. The van der Waals surface area contributed by atoms with Gasteiger partial charge in [0.2, 0.25) is 5.91 Å². The second-order valence-electron chi connectivity index (χ2n) is 5.11. The van der Waals surface area contributed by atoms with E-state index < -0.39 is 10.8 Å². The molecule has 0 aromatic heterocycles. The Hall–Kier alpha value is -1.42. The first-order chi connectivity index (χ1) is 9.74. The van der Waals surface area contributed by atoms with Crippen LogP contribution >= 0.6 is 0 Å². The van der Waals surface area contributed by atoms with E-state index in [-0.39, 0.29) is 11.7 Å². The second kappa shape index (κ2) is 8.00. The Labute approximate surface area is 122 Å². The molecule has 0 bridgehead atoms. The molecule has 0 radical (unpaired) electrons. The van der Waals surface area contributed by atoms with Crippen molar-refractivity contribution in [1.82, 2.24) is 5.32 Å². The molecule has 0 unspecified atom stereocenters. The molecule has 0 heterocycles. The minimum Gasteiger partial charge on any atom is -0.353 e. The second-order valence-corrected chi connectivity index (χ2v) is 6.61. The maximum Gasteiger partial charge on any atom is 0.232 e. The molecule has 1 atom stereocenters. The summed E-state index contributed by atoms with van der Waals surface area (Å²) in [6, 6.07) is 10.2. The molecular formula is C16H21NO2S. The quantitative estimate of drug-likeness (QED) is 0.875. The van der Waals surface area contributed by atoms with E-state index in [4.69, 9.17) is 0 Å². The lowest BCUT2D eigenvalue weighted by Crippen LogP contribution is -2.36. The molecule has 1 saturated carbocycles. The Bertz CT molecular complexity index is 479. The van der Waals surface area contributed by atoms with Crippen molar-refractivity contribution < 1.29 is 9.00 Å². The van der Waals surface area contributed by atoms with Gasteiger partial charge in [-0.1, -0.05) is 55.3 Å². The lowest BCUT2D eigenvalue weighted by atomic mass is 10.2. The van der Waals surface area contributed by atoms with E-state index in [1.165, 1.54) is 12.8 Å². The Morgan fingerprint density at radius 2 is 1.95 bits per heavy atom. The van der Waals surface area contributed by atoms with E-state index in [1.54, 1.807) is 0 Å². The van der Waals surface area contributed by atoms with E-state index in [9.17, 15) is 9.00 Å². The molecule has 4 heteroatoms. The van der Waals surface area contributed by atoms with E-state index in [0.29, 0.717) is 11.8 Å². The predicted molar refractivity (Wildman–Crippen MR) is 83.8 cm³/mol. The molecule has 1 aliphatic rings. The number of nitrogens with one attached hydrogen (secondary N) is 1. The first kappa shape index (κ1) is 15.0. The largest absolute Gasteiger partial charge is 0.353 e. The number of hydrogen-bond donors (Lipinski definition) is 1. The highest BCUT2D eigenvalue weighted by atomic mass is 32.2. The zero-order chi connectivity index (χ0) is 14.2. The van der Waals surface area contributed by atoms with E-state index in [0.717, 1.165) is 18.4 Å². The maximum absolute atomic E-state index is 11.8. The molecule has 3 nitrogen and oxygen atoms in total. The number of carbonyl (C=O) groups excluding carboxylic acids is 1. The molecule has 0 saturated heterocycles. The molecule has 0 aliphatic heterocycles. The number of hydrogen-bond acceptors (Lipinski definition) is 2. The van der Waals surface area contributed by atoms with Crippen LogP contribution in [0.3, 0.4) is 0 Å². The molecule has 1 fully saturated rings. The van der Waals surface area contributed by atoms with Crippen molar-refractivity contribution in [3.05, 3.63) is 42.0 Å². The lowest BCUT2D eigenvalue weighted by molar-refractivity contribution is -0.119. The number of rotatable bonds is 6. The summed E-state index contributed by atoms with van der Waals surface area (Å²) in [5.74, 6) is 0.450. The maximum atomic E-state index is 11.8. The average Bonchev–Trinajstić information content (AvgIpc) is 2.92. The molecule has 1 aromatic carbocycles. The van der Waals surface area contributed by atoms with Gasteiger partial charge in [0.1, 0.15) is 5.75 Å². The Kier molecular flexibility index (Phi) is 5.99. The Morgan fingerprint density at radius 1 is 1.25 bits per heavy atom. The summed E-state index contributed by atoms with van der Waals surface area (Å²) in [6.45, 7) is 0. The van der Waals surface area contributed by atoms with Gasteiger partial charge in [-0.25, -0.2) is 0 Å². The molecule has 20 heavy (non-hydrogen) atoms. The Balaban J connectivity index is 1.69. The molecular weight excluding hydrogens is 270 g/mol. The van der Waals surface area contributed by atoms with Gasteiger partial charge in [0, 0.05) is 22.6 Å². The molecule has 1 aromatic rings. The molecule has 1 amide bonds. The third-order valence-electron chi connectivity index (χ3n) is 3.40. The van der Waals surface area contributed by atoms with Crippen LogP contribution in [0.2, 0.25) is 0 Å². The van der Waals surface area contributed by atoms with Crippen molar-refractivity contribution >= 4 is 22.8 Å². The molecule has 0 spiro atoms. The van der Waals surface area contributed by atoms with Gasteiger partial charge >= 0.3 is 0 Å². The molecule has 108 valence electrons. The first-order valence-electron chi connectivity index (χ1n) is 7.10. The van der Waals surface area contributed by atoms with E-state index >= 15 is 0 Å². The van der Waals surface area contributed by atoms with Crippen LogP contribution in [-0.4, -0.2) is 27.7 Å². The van der Waals surface area contributed by atoms with Crippen molar-refractivity contribution in [2.24, 2.45) is 0 Å². The van der Waals surface area contributed by atoms with Gasteiger partial charge in [-0.2, -0.15) is 0 Å². The van der Waals surface area contributed by atoms with Crippen molar-refractivity contribution in [1.29, 1.82) is 0 Å². The summed E-state index contributed by atoms with van der Waals surface area (Å²) in [6.07, 6.45) is 8.31. The van der Waals surface area contributed by atoms with Gasteiger partial charge < -0.3 is 5.32 Å². The van der Waals surface area contributed by atoms with Crippen molar-refractivity contribution in [3.63, 3.8) is 0 Å². The summed E-state index contributed by atoms with van der Waals surface area (Å²) in [5, 5.41) is 2.96. The van der Waals surface area contributed by atoms with Crippen LogP contribution in [0.4, 0.5) is 0 Å². The van der Waals surface area contributed by atoms with Gasteiger partial charge in [-0.15, -0.1) is 0 Å². The minimum absolute atomic E-state index is 0.0802. The lowest BCUT2D eigenvalue weighted by Gasteiger charge is -2.11. The van der Waals surface area contributed by atoms with Gasteiger partial charge in [0.15, 0.2) is 0 Å². The van der Waals surface area contributed by atoms with Gasteiger partial charge in [-0.05, 0) is 18.4 Å². The standard InChI is InChI=1S/C16H21NO2S/c18-16(17-15-10-4-5-11-15)13-20(19)12-6-9-14-7-2-1-3-8-14/h1-3,6-9,15H,4-5,10-13H2,(H,17,18)/b9-6-/t20-/m1/s1. The van der Waals surface area contributed by atoms with Gasteiger partial charge in [-0.3, -0.25) is 9.00 Å². The normalized spacial score (nSPS) is 17.4. The van der Waals surface area contributed by atoms with Gasteiger partial charge in [0.25, 0.3) is 0 Å². The van der Waals surface area contributed by atoms with E-state index in [2.05, 4.69) is 5.32 Å². The van der Waals surface area contributed by atoms with Gasteiger partial charge in [0.05, 0.1) is 0 Å². The number of amides is 1. The van der Waals surface area contributed by atoms with Crippen LogP contribution in [0, 0.1) is 0 Å². The van der Waals surface area contributed by atoms with Crippen LogP contribution in [0.15, 0.2) is 36.4 Å². The summed E-state index contributed by atoms with van der Waals surface area (Å²) < 4.78 is 11.8. The monoisotopic (exact) mass is 291 g/mol. The van der Waals surface area contributed by atoms with Crippen LogP contribution in [0.1, 0.15) is 31.2 Å². The van der Waals surface area contributed by atoms with Crippen LogP contribution in [0.5, 0.6) is 0 Å². The van der Waals surface area contributed by atoms with Crippen LogP contribution in [-0.2, 0) is 15.6 Å². The zero-order valence-electron chi connectivity index (χ0n) is 11.6. The number of carbonyl (C=O) groups is 1. The smallest absolute Gasteiger partial charge is 0.232 e. The van der Waals surface area contributed by atoms with Crippen molar-refractivity contribution in [2.45, 2.75) is 31.7 Å². The predicted octanol–water partition coefficient (Wildman–Crippen LogP) is 2.51. The third-order valence-corrected chi connectivity index (χ3v) is 4.55. The highest BCUT2D eigenvalue weighted by Crippen LogP contribution is 2.17. The summed E-state index contributed by atoms with van der Waals surface area (Å²) in [7, 11) is -1.12.